The minimum atomic E-state index is 0.180. The molecule has 0 unspecified atom stereocenters. The van der Waals surface area contributed by atoms with E-state index in [0.29, 0.717) is 11.8 Å². The molecular formula is C21H25N3O. The fourth-order valence-corrected chi connectivity index (χ4v) is 3.88. The lowest BCUT2D eigenvalue weighted by Crippen LogP contribution is -2.39. The van der Waals surface area contributed by atoms with Gasteiger partial charge >= 0.3 is 0 Å². The van der Waals surface area contributed by atoms with E-state index in [9.17, 15) is 4.79 Å². The highest BCUT2D eigenvalue weighted by atomic mass is 16.2. The zero-order chi connectivity index (χ0) is 17.1. The third kappa shape index (κ3) is 3.84. The van der Waals surface area contributed by atoms with E-state index in [4.69, 9.17) is 0 Å². The molecule has 4 rings (SSSR count). The molecule has 1 saturated heterocycles. The number of piperidine rings is 1. The minimum Gasteiger partial charge on any atom is -0.371 e. The Balaban J connectivity index is 1.21. The summed E-state index contributed by atoms with van der Waals surface area (Å²) < 4.78 is 0. The number of anilines is 1. The van der Waals surface area contributed by atoms with Gasteiger partial charge in [0, 0.05) is 43.6 Å². The molecule has 4 heteroatoms. The largest absolute Gasteiger partial charge is 0.371 e. The number of carbonyl (C=O) groups is 1. The zero-order valence-corrected chi connectivity index (χ0v) is 14.5. The van der Waals surface area contributed by atoms with Gasteiger partial charge in [-0.3, -0.25) is 9.78 Å². The zero-order valence-electron chi connectivity index (χ0n) is 14.5. The number of amides is 1. The third-order valence-electron chi connectivity index (χ3n) is 5.56. The Morgan fingerprint density at radius 3 is 2.52 bits per heavy atom. The molecule has 2 heterocycles. The molecule has 2 fully saturated rings. The maximum Gasteiger partial charge on any atom is 0.223 e. The summed E-state index contributed by atoms with van der Waals surface area (Å²) in [6.07, 6.45) is 6.96. The summed E-state index contributed by atoms with van der Waals surface area (Å²) >= 11 is 0. The van der Waals surface area contributed by atoms with Gasteiger partial charge in [-0.15, -0.1) is 0 Å². The fraction of sp³-hybridized carbons (Fsp3) is 0.429. The predicted molar refractivity (Wildman–Crippen MR) is 99.5 cm³/mol. The minimum absolute atomic E-state index is 0.180. The number of pyridine rings is 1. The van der Waals surface area contributed by atoms with Gasteiger partial charge in [-0.25, -0.2) is 0 Å². The normalized spacial score (nSPS) is 23.3. The van der Waals surface area contributed by atoms with Gasteiger partial charge in [0.15, 0.2) is 0 Å². The van der Waals surface area contributed by atoms with Crippen LogP contribution in [-0.2, 0) is 4.79 Å². The summed E-state index contributed by atoms with van der Waals surface area (Å²) in [7, 11) is 0. The monoisotopic (exact) mass is 335 g/mol. The number of nitrogens with zero attached hydrogens (tertiary/aromatic N) is 2. The summed E-state index contributed by atoms with van der Waals surface area (Å²) in [4.78, 5) is 18.9. The van der Waals surface area contributed by atoms with Crippen molar-refractivity contribution in [2.75, 3.05) is 24.5 Å². The van der Waals surface area contributed by atoms with Crippen LogP contribution in [0, 0.1) is 11.8 Å². The number of rotatable bonds is 5. The van der Waals surface area contributed by atoms with Crippen molar-refractivity contribution in [3.05, 3.63) is 60.4 Å². The van der Waals surface area contributed by atoms with Gasteiger partial charge in [-0.2, -0.15) is 0 Å². The second-order valence-electron chi connectivity index (χ2n) is 7.24. The van der Waals surface area contributed by atoms with Gasteiger partial charge in [0.1, 0.15) is 0 Å². The van der Waals surface area contributed by atoms with Crippen LogP contribution in [-0.4, -0.2) is 30.5 Å². The van der Waals surface area contributed by atoms with E-state index in [-0.39, 0.29) is 11.8 Å². The molecule has 2 aromatic rings. The van der Waals surface area contributed by atoms with Crippen molar-refractivity contribution in [2.24, 2.45) is 11.8 Å². The molecule has 1 aromatic heterocycles. The molecule has 1 saturated carbocycles. The van der Waals surface area contributed by atoms with Crippen LogP contribution in [0.1, 0.15) is 30.7 Å². The predicted octanol–water partition coefficient (Wildman–Crippen LogP) is 3.22. The van der Waals surface area contributed by atoms with E-state index in [0.717, 1.165) is 38.9 Å². The van der Waals surface area contributed by atoms with Crippen molar-refractivity contribution in [3.8, 4) is 0 Å². The number of carbonyl (C=O) groups excluding carboxylic acids is 1. The third-order valence-corrected chi connectivity index (χ3v) is 5.56. The van der Waals surface area contributed by atoms with Crippen LogP contribution in [0.2, 0.25) is 0 Å². The van der Waals surface area contributed by atoms with Crippen LogP contribution in [0.5, 0.6) is 0 Å². The lowest BCUT2D eigenvalue weighted by molar-refractivity contribution is -0.122. The number of benzene rings is 1. The molecule has 1 aromatic carbocycles. The first-order valence-electron chi connectivity index (χ1n) is 9.29. The maximum absolute atomic E-state index is 12.4. The van der Waals surface area contributed by atoms with Gasteiger partial charge < -0.3 is 10.2 Å². The summed E-state index contributed by atoms with van der Waals surface area (Å²) in [6.45, 7) is 2.93. The number of nitrogens with one attached hydrogen (secondary N) is 1. The van der Waals surface area contributed by atoms with E-state index < -0.39 is 0 Å². The van der Waals surface area contributed by atoms with Crippen LogP contribution in [0.4, 0.5) is 5.69 Å². The highest BCUT2D eigenvalue weighted by molar-refractivity contribution is 5.82. The van der Waals surface area contributed by atoms with Crippen molar-refractivity contribution in [2.45, 2.75) is 25.2 Å². The van der Waals surface area contributed by atoms with E-state index in [1.165, 1.54) is 11.3 Å². The SMILES string of the molecule is O=C(NCC1CCN(c2ccncc2)CC1)[C@@H]1C[C@H]1c1ccccc1. The van der Waals surface area contributed by atoms with Gasteiger partial charge in [-0.05, 0) is 48.8 Å². The summed E-state index contributed by atoms with van der Waals surface area (Å²) in [5.41, 5.74) is 2.55. The molecule has 1 N–H and O–H groups in total. The van der Waals surface area contributed by atoms with Gasteiger partial charge in [0.2, 0.25) is 5.91 Å². The summed E-state index contributed by atoms with van der Waals surface area (Å²) in [5, 5.41) is 3.20. The smallest absolute Gasteiger partial charge is 0.223 e. The van der Waals surface area contributed by atoms with Crippen LogP contribution >= 0.6 is 0 Å². The standard InChI is InChI=1S/C21H25N3O/c25-21(20-14-19(20)17-4-2-1-3-5-17)23-15-16-8-12-24(13-9-16)18-6-10-22-11-7-18/h1-7,10-11,16,19-20H,8-9,12-15H2,(H,23,25)/t19-,20+/m0/s1. The van der Waals surface area contributed by atoms with Gasteiger partial charge in [0.05, 0.1) is 0 Å². The van der Waals surface area contributed by atoms with Crippen LogP contribution in [0.3, 0.4) is 0 Å². The maximum atomic E-state index is 12.4. The second-order valence-corrected chi connectivity index (χ2v) is 7.24. The average molecular weight is 335 g/mol. The van der Waals surface area contributed by atoms with Crippen molar-refractivity contribution in [1.82, 2.24) is 10.3 Å². The van der Waals surface area contributed by atoms with Crippen LogP contribution in [0.15, 0.2) is 54.9 Å². The number of aromatic nitrogens is 1. The Labute approximate surface area is 149 Å². The Bertz CT molecular complexity index is 696. The summed E-state index contributed by atoms with van der Waals surface area (Å²) in [5.74, 6) is 1.44. The Hall–Kier alpha value is -2.36. The Morgan fingerprint density at radius 1 is 1.08 bits per heavy atom. The second kappa shape index (κ2) is 7.26. The van der Waals surface area contributed by atoms with Gasteiger partial charge in [-0.1, -0.05) is 30.3 Å². The average Bonchev–Trinajstić information content (AvgIpc) is 3.49. The molecule has 1 amide bonds. The van der Waals surface area contributed by atoms with E-state index in [1.54, 1.807) is 0 Å². The molecule has 4 nitrogen and oxygen atoms in total. The molecule has 130 valence electrons. The van der Waals surface area contributed by atoms with E-state index in [1.807, 2.05) is 18.5 Å². The van der Waals surface area contributed by atoms with Crippen molar-refractivity contribution in [3.63, 3.8) is 0 Å². The first-order chi connectivity index (χ1) is 12.3. The molecule has 2 aliphatic rings. The van der Waals surface area contributed by atoms with E-state index >= 15 is 0 Å². The topological polar surface area (TPSA) is 45.2 Å². The Kier molecular flexibility index (Phi) is 4.68. The van der Waals surface area contributed by atoms with E-state index in [2.05, 4.69) is 51.6 Å². The van der Waals surface area contributed by atoms with Crippen LogP contribution in [0.25, 0.3) is 0 Å². The highest BCUT2D eigenvalue weighted by Gasteiger charge is 2.43. The first-order valence-corrected chi connectivity index (χ1v) is 9.29. The Morgan fingerprint density at radius 2 is 1.80 bits per heavy atom. The van der Waals surface area contributed by atoms with Crippen molar-refractivity contribution in [1.29, 1.82) is 0 Å². The van der Waals surface area contributed by atoms with Crippen molar-refractivity contribution < 1.29 is 4.79 Å². The van der Waals surface area contributed by atoms with Crippen molar-refractivity contribution >= 4 is 11.6 Å². The van der Waals surface area contributed by atoms with Gasteiger partial charge in [0.25, 0.3) is 0 Å². The lowest BCUT2D eigenvalue weighted by Gasteiger charge is -2.33. The molecule has 0 radical (unpaired) electrons. The molecular weight excluding hydrogens is 310 g/mol. The molecule has 25 heavy (non-hydrogen) atoms. The summed E-state index contributed by atoms with van der Waals surface area (Å²) in [6, 6.07) is 14.5. The molecule has 1 aliphatic heterocycles. The van der Waals surface area contributed by atoms with Crippen LogP contribution < -0.4 is 10.2 Å². The quantitative estimate of drug-likeness (QED) is 0.912. The highest BCUT2D eigenvalue weighted by Crippen LogP contribution is 2.47. The number of hydrogen-bond donors (Lipinski definition) is 1. The molecule has 0 bridgehead atoms. The fourth-order valence-electron chi connectivity index (χ4n) is 3.88. The first kappa shape index (κ1) is 16.1. The molecule has 2 atom stereocenters. The number of hydrogen-bond acceptors (Lipinski definition) is 3. The molecule has 1 aliphatic carbocycles. The lowest BCUT2D eigenvalue weighted by atomic mass is 9.96. The molecule has 0 spiro atoms.